The number of hydrogen-bond acceptors (Lipinski definition) is 5. The van der Waals surface area contributed by atoms with Gasteiger partial charge < -0.3 is 5.32 Å². The van der Waals surface area contributed by atoms with E-state index in [1.807, 2.05) is 6.92 Å². The fraction of sp³-hybridized carbons (Fsp3) is 0.500. The van der Waals surface area contributed by atoms with E-state index in [-0.39, 0.29) is 0 Å². The highest BCUT2D eigenvalue weighted by Gasteiger charge is 2.24. The van der Waals surface area contributed by atoms with Crippen LogP contribution in [0.1, 0.15) is 11.8 Å². The average molecular weight is 248 g/mol. The molecule has 0 bridgehead atoms. The van der Waals surface area contributed by atoms with E-state index in [2.05, 4.69) is 10.3 Å². The van der Waals surface area contributed by atoms with Gasteiger partial charge in [0.1, 0.15) is 5.25 Å². The van der Waals surface area contributed by atoms with Crippen LogP contribution in [0.25, 0.3) is 0 Å². The highest BCUT2D eigenvalue weighted by atomic mass is 32.2. The summed E-state index contributed by atoms with van der Waals surface area (Å²) in [6.07, 6.45) is 2.65. The summed E-state index contributed by atoms with van der Waals surface area (Å²) >= 11 is 1.31. The van der Waals surface area contributed by atoms with Gasteiger partial charge in [-0.2, -0.15) is 0 Å². The van der Waals surface area contributed by atoms with Crippen molar-refractivity contribution in [3.63, 3.8) is 0 Å². The molecule has 7 heteroatoms. The van der Waals surface area contributed by atoms with Crippen LogP contribution < -0.4 is 5.32 Å². The standard InChI is InChI=1S/C8H12N2O3S2/c1-5-4-9-8(14-5)10-7(11)6(2)15(3,12)13/h4,6H,1-3H3,(H,9,10,11). The molecule has 0 aliphatic carbocycles. The van der Waals surface area contributed by atoms with Crippen molar-refractivity contribution in [2.24, 2.45) is 0 Å². The van der Waals surface area contributed by atoms with Gasteiger partial charge in [-0.25, -0.2) is 13.4 Å². The number of nitrogens with zero attached hydrogens (tertiary/aromatic N) is 1. The van der Waals surface area contributed by atoms with Crippen molar-refractivity contribution >= 4 is 32.2 Å². The fourth-order valence-corrected chi connectivity index (χ4v) is 1.93. The van der Waals surface area contributed by atoms with Crippen molar-refractivity contribution in [1.82, 2.24) is 4.98 Å². The van der Waals surface area contributed by atoms with Crippen LogP contribution in [-0.2, 0) is 14.6 Å². The van der Waals surface area contributed by atoms with Crippen LogP contribution in [0.3, 0.4) is 0 Å². The molecule has 1 aromatic rings. The van der Waals surface area contributed by atoms with Crippen molar-refractivity contribution in [3.8, 4) is 0 Å². The number of sulfone groups is 1. The van der Waals surface area contributed by atoms with E-state index >= 15 is 0 Å². The summed E-state index contributed by atoms with van der Waals surface area (Å²) in [6, 6.07) is 0. The lowest BCUT2D eigenvalue weighted by Gasteiger charge is -2.07. The quantitative estimate of drug-likeness (QED) is 0.859. The largest absolute Gasteiger partial charge is 0.301 e. The van der Waals surface area contributed by atoms with Crippen molar-refractivity contribution in [2.45, 2.75) is 19.1 Å². The monoisotopic (exact) mass is 248 g/mol. The Bertz CT molecular complexity index is 464. The number of anilines is 1. The zero-order valence-corrected chi connectivity index (χ0v) is 10.3. The van der Waals surface area contributed by atoms with Crippen molar-refractivity contribution < 1.29 is 13.2 Å². The van der Waals surface area contributed by atoms with Crippen molar-refractivity contribution in [3.05, 3.63) is 11.1 Å². The van der Waals surface area contributed by atoms with Gasteiger partial charge in [0.05, 0.1) is 0 Å². The maximum Gasteiger partial charge on any atom is 0.244 e. The van der Waals surface area contributed by atoms with Gasteiger partial charge in [-0.1, -0.05) is 0 Å². The third-order valence-electron chi connectivity index (χ3n) is 1.86. The first-order valence-corrected chi connectivity index (χ1v) is 7.00. The number of carbonyl (C=O) groups excluding carboxylic acids is 1. The molecular formula is C8H12N2O3S2. The Hall–Kier alpha value is -0.950. The zero-order valence-electron chi connectivity index (χ0n) is 8.64. The van der Waals surface area contributed by atoms with Crippen molar-refractivity contribution in [1.29, 1.82) is 0 Å². The number of aryl methyl sites for hydroxylation is 1. The number of thiazole rings is 1. The van der Waals surface area contributed by atoms with E-state index in [9.17, 15) is 13.2 Å². The Labute approximate surface area is 92.5 Å². The molecule has 84 valence electrons. The van der Waals surface area contributed by atoms with Gasteiger partial charge in [0, 0.05) is 17.3 Å². The van der Waals surface area contributed by atoms with Crippen molar-refractivity contribution in [2.75, 3.05) is 11.6 Å². The van der Waals surface area contributed by atoms with Gasteiger partial charge >= 0.3 is 0 Å². The number of aromatic nitrogens is 1. The molecule has 1 amide bonds. The first kappa shape index (κ1) is 12.1. The third-order valence-corrected chi connectivity index (χ3v) is 4.19. The summed E-state index contributed by atoms with van der Waals surface area (Å²) < 4.78 is 22.2. The summed E-state index contributed by atoms with van der Waals surface area (Å²) in [5.41, 5.74) is 0. The van der Waals surface area contributed by atoms with E-state index < -0.39 is 21.0 Å². The average Bonchev–Trinajstić information content (AvgIpc) is 2.48. The molecule has 0 aromatic carbocycles. The fourth-order valence-electron chi connectivity index (χ4n) is 0.814. The molecule has 1 rings (SSSR count). The molecule has 15 heavy (non-hydrogen) atoms. The number of nitrogens with one attached hydrogen (secondary N) is 1. The Morgan fingerprint density at radius 1 is 1.60 bits per heavy atom. The SMILES string of the molecule is Cc1cnc(NC(=O)C(C)S(C)(=O)=O)s1. The highest BCUT2D eigenvalue weighted by molar-refractivity contribution is 7.92. The summed E-state index contributed by atoms with van der Waals surface area (Å²) in [5, 5.41) is 1.83. The minimum Gasteiger partial charge on any atom is -0.301 e. The molecule has 0 aliphatic rings. The van der Waals surface area contributed by atoms with E-state index in [1.165, 1.54) is 18.3 Å². The first-order valence-electron chi connectivity index (χ1n) is 4.23. The second kappa shape index (κ2) is 4.28. The Morgan fingerprint density at radius 3 is 2.60 bits per heavy atom. The lowest BCUT2D eigenvalue weighted by molar-refractivity contribution is -0.115. The minimum atomic E-state index is -3.35. The van der Waals surface area contributed by atoms with Gasteiger partial charge in [0.15, 0.2) is 15.0 Å². The molecule has 0 spiro atoms. The van der Waals surface area contributed by atoms with Crippen LogP contribution in [0, 0.1) is 6.92 Å². The van der Waals surface area contributed by atoms with Crippen LogP contribution in [0.2, 0.25) is 0 Å². The van der Waals surface area contributed by atoms with Crippen LogP contribution in [-0.4, -0.2) is 30.8 Å². The highest BCUT2D eigenvalue weighted by Crippen LogP contribution is 2.17. The summed E-state index contributed by atoms with van der Waals surface area (Å²) in [4.78, 5) is 16.3. The minimum absolute atomic E-state index is 0.424. The first-order chi connectivity index (χ1) is 6.80. The smallest absolute Gasteiger partial charge is 0.244 e. The van der Waals surface area contributed by atoms with Gasteiger partial charge in [0.25, 0.3) is 0 Å². The Morgan fingerprint density at radius 2 is 2.20 bits per heavy atom. The van der Waals surface area contributed by atoms with Gasteiger partial charge in [-0.3, -0.25) is 4.79 Å². The number of amides is 1. The molecule has 0 aliphatic heterocycles. The molecule has 1 aromatic heterocycles. The normalized spacial score (nSPS) is 13.5. The van der Waals surface area contributed by atoms with Crippen LogP contribution >= 0.6 is 11.3 Å². The molecule has 1 unspecified atom stereocenters. The summed E-state index contributed by atoms with van der Waals surface area (Å²) in [7, 11) is -3.35. The second-order valence-electron chi connectivity index (χ2n) is 3.24. The Kier molecular flexibility index (Phi) is 3.46. The predicted octanol–water partition coefficient (Wildman–Crippen LogP) is 0.823. The molecule has 1 N–H and O–H groups in total. The second-order valence-corrected chi connectivity index (χ2v) is 6.84. The molecule has 0 saturated carbocycles. The van der Waals surface area contributed by atoms with Gasteiger partial charge in [-0.05, 0) is 13.8 Å². The van der Waals surface area contributed by atoms with E-state index in [1.54, 1.807) is 6.20 Å². The Balaban J connectivity index is 2.72. The van der Waals surface area contributed by atoms with Crippen LogP contribution in [0.5, 0.6) is 0 Å². The lowest BCUT2D eigenvalue weighted by atomic mass is 10.4. The molecule has 0 saturated heterocycles. The topological polar surface area (TPSA) is 76.1 Å². The summed E-state index contributed by atoms with van der Waals surface area (Å²) in [5.74, 6) is -0.549. The molecule has 0 radical (unpaired) electrons. The molecule has 0 fully saturated rings. The molecule has 1 atom stereocenters. The van der Waals surface area contributed by atoms with E-state index in [0.717, 1.165) is 11.1 Å². The van der Waals surface area contributed by atoms with Crippen LogP contribution in [0.4, 0.5) is 5.13 Å². The molecular weight excluding hydrogens is 236 g/mol. The van der Waals surface area contributed by atoms with E-state index in [4.69, 9.17) is 0 Å². The number of rotatable bonds is 3. The lowest BCUT2D eigenvalue weighted by Crippen LogP contribution is -2.31. The summed E-state index contributed by atoms with van der Waals surface area (Å²) in [6.45, 7) is 3.21. The van der Waals surface area contributed by atoms with Crippen LogP contribution in [0.15, 0.2) is 6.20 Å². The maximum absolute atomic E-state index is 11.4. The number of carbonyl (C=O) groups is 1. The predicted molar refractivity (Wildman–Crippen MR) is 59.8 cm³/mol. The molecule has 1 heterocycles. The maximum atomic E-state index is 11.4. The van der Waals surface area contributed by atoms with Gasteiger partial charge in [0.2, 0.25) is 5.91 Å². The number of hydrogen-bond donors (Lipinski definition) is 1. The zero-order chi connectivity index (χ0) is 11.6. The molecule has 5 nitrogen and oxygen atoms in total. The van der Waals surface area contributed by atoms with Gasteiger partial charge in [-0.15, -0.1) is 11.3 Å². The third kappa shape index (κ3) is 3.28. The van der Waals surface area contributed by atoms with E-state index in [0.29, 0.717) is 5.13 Å².